The van der Waals surface area contributed by atoms with Crippen LogP contribution in [0.25, 0.3) is 0 Å². The molecule has 14 heavy (non-hydrogen) atoms. The molecule has 1 N–H and O–H groups in total. The molecule has 0 spiro atoms. The molecule has 0 unspecified atom stereocenters. The second kappa shape index (κ2) is 8.25. The average Bonchev–Trinajstić information content (AvgIpc) is 2.69. The van der Waals surface area contributed by atoms with Crippen molar-refractivity contribution >= 4 is 0 Å². The zero-order valence-electron chi connectivity index (χ0n) is 9.56. The van der Waals surface area contributed by atoms with Gasteiger partial charge in [-0.05, 0) is 18.9 Å². The fourth-order valence-corrected chi connectivity index (χ4v) is 2.28. The lowest BCUT2D eigenvalue weighted by Crippen LogP contribution is -2.20. The molecule has 84 valence electrons. The molecular weight excluding hydrogens is 174 g/mol. The Balaban J connectivity index is 1.75. The average molecular weight is 199 g/mol. The highest BCUT2D eigenvalue weighted by Crippen LogP contribution is 2.28. The normalized spacial score (nSPS) is 17.8. The smallest absolute Gasteiger partial charge is 0.0587 e. The summed E-state index contributed by atoms with van der Waals surface area (Å²) in [6.45, 7) is 3.00. The number of rotatable bonds is 8. The third kappa shape index (κ3) is 5.61. The predicted octanol–water partition coefficient (Wildman–Crippen LogP) is 2.58. The minimum Gasteiger partial charge on any atom is -0.383 e. The number of hydrogen-bond acceptors (Lipinski definition) is 2. The molecule has 0 aromatic heterocycles. The van der Waals surface area contributed by atoms with Crippen LogP contribution in [-0.2, 0) is 4.74 Å². The van der Waals surface area contributed by atoms with E-state index < -0.39 is 0 Å². The van der Waals surface area contributed by atoms with Gasteiger partial charge in [-0.2, -0.15) is 0 Å². The van der Waals surface area contributed by atoms with E-state index in [1.807, 2.05) is 0 Å². The van der Waals surface area contributed by atoms with Crippen LogP contribution in [0.15, 0.2) is 0 Å². The van der Waals surface area contributed by atoms with E-state index in [9.17, 15) is 0 Å². The van der Waals surface area contributed by atoms with E-state index in [1.165, 1.54) is 44.9 Å². The van der Waals surface area contributed by atoms with Crippen molar-refractivity contribution < 1.29 is 4.74 Å². The van der Waals surface area contributed by atoms with Gasteiger partial charge in [-0.25, -0.2) is 0 Å². The van der Waals surface area contributed by atoms with Crippen molar-refractivity contribution in [3.05, 3.63) is 0 Å². The first-order chi connectivity index (χ1) is 6.93. The van der Waals surface area contributed by atoms with Crippen molar-refractivity contribution in [3.8, 4) is 0 Å². The van der Waals surface area contributed by atoms with Crippen molar-refractivity contribution in [3.63, 3.8) is 0 Å². The first-order valence-electron chi connectivity index (χ1n) is 6.13. The van der Waals surface area contributed by atoms with Crippen LogP contribution >= 0.6 is 0 Å². The Hall–Kier alpha value is -0.0800. The largest absolute Gasteiger partial charge is 0.383 e. The summed E-state index contributed by atoms with van der Waals surface area (Å²) in [4.78, 5) is 0. The SMILES string of the molecule is COCCNCCCCC1CCCC1. The van der Waals surface area contributed by atoms with Crippen LogP contribution in [0, 0.1) is 5.92 Å². The molecule has 1 fully saturated rings. The number of hydrogen-bond donors (Lipinski definition) is 1. The van der Waals surface area contributed by atoms with Gasteiger partial charge < -0.3 is 10.1 Å². The summed E-state index contributed by atoms with van der Waals surface area (Å²) >= 11 is 0. The molecule has 1 rings (SSSR count). The van der Waals surface area contributed by atoms with Crippen molar-refractivity contribution in [2.24, 2.45) is 5.92 Å². The third-order valence-corrected chi connectivity index (χ3v) is 3.17. The van der Waals surface area contributed by atoms with E-state index in [-0.39, 0.29) is 0 Å². The number of ether oxygens (including phenoxy) is 1. The van der Waals surface area contributed by atoms with Gasteiger partial charge in [-0.15, -0.1) is 0 Å². The maximum Gasteiger partial charge on any atom is 0.0587 e. The minimum absolute atomic E-state index is 0.836. The van der Waals surface area contributed by atoms with Gasteiger partial charge in [0.15, 0.2) is 0 Å². The Bertz CT molecular complexity index is 121. The van der Waals surface area contributed by atoms with Crippen molar-refractivity contribution in [2.75, 3.05) is 26.8 Å². The summed E-state index contributed by atoms with van der Waals surface area (Å²) in [6, 6.07) is 0. The summed E-state index contributed by atoms with van der Waals surface area (Å²) in [7, 11) is 1.75. The van der Waals surface area contributed by atoms with Crippen LogP contribution in [0.5, 0.6) is 0 Å². The van der Waals surface area contributed by atoms with Crippen molar-refractivity contribution in [2.45, 2.75) is 44.9 Å². The fourth-order valence-electron chi connectivity index (χ4n) is 2.28. The maximum absolute atomic E-state index is 4.97. The Kier molecular flexibility index (Phi) is 7.06. The summed E-state index contributed by atoms with van der Waals surface area (Å²) in [5.74, 6) is 1.06. The zero-order chi connectivity index (χ0) is 10.1. The van der Waals surface area contributed by atoms with Crippen LogP contribution in [0.4, 0.5) is 0 Å². The Morgan fingerprint density at radius 1 is 1.14 bits per heavy atom. The van der Waals surface area contributed by atoms with Gasteiger partial charge >= 0.3 is 0 Å². The molecule has 0 bridgehead atoms. The lowest BCUT2D eigenvalue weighted by molar-refractivity contribution is 0.199. The number of unbranched alkanes of at least 4 members (excludes halogenated alkanes) is 1. The first kappa shape index (κ1) is 12.0. The monoisotopic (exact) mass is 199 g/mol. The lowest BCUT2D eigenvalue weighted by Gasteiger charge is -2.08. The van der Waals surface area contributed by atoms with E-state index in [0.717, 1.165) is 25.6 Å². The lowest BCUT2D eigenvalue weighted by atomic mass is 10.0. The topological polar surface area (TPSA) is 21.3 Å². The standard InChI is InChI=1S/C12H25NO/c1-14-11-10-13-9-5-4-8-12-6-2-3-7-12/h12-13H,2-11H2,1H3. The summed E-state index contributed by atoms with van der Waals surface area (Å²) < 4.78 is 4.97. The molecule has 0 aromatic rings. The molecular formula is C12H25NO. The van der Waals surface area contributed by atoms with Crippen molar-refractivity contribution in [1.29, 1.82) is 0 Å². The molecule has 0 aromatic carbocycles. The number of nitrogens with one attached hydrogen (secondary N) is 1. The van der Waals surface area contributed by atoms with Gasteiger partial charge in [0, 0.05) is 13.7 Å². The molecule has 0 saturated heterocycles. The molecule has 0 radical (unpaired) electrons. The fraction of sp³-hybridized carbons (Fsp3) is 1.00. The Morgan fingerprint density at radius 3 is 2.64 bits per heavy atom. The van der Waals surface area contributed by atoms with Crippen LogP contribution in [-0.4, -0.2) is 26.8 Å². The van der Waals surface area contributed by atoms with E-state index >= 15 is 0 Å². The molecule has 0 atom stereocenters. The molecule has 0 amide bonds. The van der Waals surface area contributed by atoms with Gasteiger partial charge in [0.25, 0.3) is 0 Å². The second-order valence-corrected chi connectivity index (χ2v) is 4.39. The van der Waals surface area contributed by atoms with Gasteiger partial charge in [0.05, 0.1) is 6.61 Å². The molecule has 1 aliphatic rings. The Labute approximate surface area is 88.4 Å². The van der Waals surface area contributed by atoms with Gasteiger partial charge in [0.1, 0.15) is 0 Å². The maximum atomic E-state index is 4.97. The Morgan fingerprint density at radius 2 is 1.93 bits per heavy atom. The molecule has 2 nitrogen and oxygen atoms in total. The van der Waals surface area contributed by atoms with Crippen LogP contribution in [0.1, 0.15) is 44.9 Å². The highest BCUT2D eigenvalue weighted by Gasteiger charge is 2.13. The number of methoxy groups -OCH3 is 1. The summed E-state index contributed by atoms with van der Waals surface area (Å²) in [5.41, 5.74) is 0. The molecule has 0 heterocycles. The van der Waals surface area contributed by atoms with Crippen LogP contribution < -0.4 is 5.32 Å². The van der Waals surface area contributed by atoms with Gasteiger partial charge in [-0.1, -0.05) is 38.5 Å². The molecule has 1 saturated carbocycles. The predicted molar refractivity (Wildman–Crippen MR) is 60.6 cm³/mol. The zero-order valence-corrected chi connectivity index (χ0v) is 9.56. The van der Waals surface area contributed by atoms with Crippen molar-refractivity contribution in [1.82, 2.24) is 5.32 Å². The van der Waals surface area contributed by atoms with E-state index in [1.54, 1.807) is 7.11 Å². The third-order valence-electron chi connectivity index (χ3n) is 3.17. The quantitative estimate of drug-likeness (QED) is 0.607. The van der Waals surface area contributed by atoms with Crippen LogP contribution in [0.2, 0.25) is 0 Å². The highest BCUT2D eigenvalue weighted by atomic mass is 16.5. The van der Waals surface area contributed by atoms with E-state index in [0.29, 0.717) is 0 Å². The molecule has 1 aliphatic carbocycles. The van der Waals surface area contributed by atoms with Gasteiger partial charge in [0.2, 0.25) is 0 Å². The van der Waals surface area contributed by atoms with E-state index in [2.05, 4.69) is 5.32 Å². The van der Waals surface area contributed by atoms with Gasteiger partial charge in [-0.3, -0.25) is 0 Å². The minimum atomic E-state index is 0.836. The summed E-state index contributed by atoms with van der Waals surface area (Å²) in [5, 5.41) is 3.39. The second-order valence-electron chi connectivity index (χ2n) is 4.39. The highest BCUT2D eigenvalue weighted by molar-refractivity contribution is 4.67. The molecule has 0 aliphatic heterocycles. The first-order valence-corrected chi connectivity index (χ1v) is 6.13. The van der Waals surface area contributed by atoms with Crippen LogP contribution in [0.3, 0.4) is 0 Å². The summed E-state index contributed by atoms with van der Waals surface area (Å²) in [6.07, 6.45) is 10.2. The van der Waals surface area contributed by atoms with E-state index in [4.69, 9.17) is 4.74 Å². The molecule has 2 heteroatoms.